The second kappa shape index (κ2) is 5.59. The molecule has 116 valence electrons. The molecule has 1 aromatic rings. The smallest absolute Gasteiger partial charge is 0.326 e. The minimum absolute atomic E-state index is 0.0412. The third-order valence-electron chi connectivity index (χ3n) is 4.97. The summed E-state index contributed by atoms with van der Waals surface area (Å²) < 4.78 is 5.53. The van der Waals surface area contributed by atoms with Gasteiger partial charge in [-0.3, -0.25) is 9.59 Å². The first-order valence-corrected chi connectivity index (χ1v) is 7.70. The molecule has 0 bridgehead atoms. The predicted molar refractivity (Wildman–Crippen MR) is 82.8 cm³/mol. The van der Waals surface area contributed by atoms with Crippen molar-refractivity contribution < 1.29 is 14.3 Å². The van der Waals surface area contributed by atoms with E-state index in [2.05, 4.69) is 0 Å². The highest BCUT2D eigenvalue weighted by Gasteiger charge is 2.59. The van der Waals surface area contributed by atoms with Gasteiger partial charge in [0.2, 0.25) is 5.91 Å². The van der Waals surface area contributed by atoms with Crippen LogP contribution in [0.3, 0.4) is 0 Å². The number of fused-ring (bicyclic) bond motifs is 1. The number of amides is 1. The highest BCUT2D eigenvalue weighted by molar-refractivity contribution is 6.07. The van der Waals surface area contributed by atoms with E-state index in [-0.39, 0.29) is 18.4 Å². The van der Waals surface area contributed by atoms with Gasteiger partial charge in [-0.25, -0.2) is 0 Å². The third kappa shape index (κ3) is 2.14. The number of carbonyl (C=O) groups is 2. The zero-order valence-electron chi connectivity index (χ0n) is 13.0. The molecule has 2 atom stereocenters. The summed E-state index contributed by atoms with van der Waals surface area (Å²) in [5, 5.41) is 0. The Labute approximate surface area is 130 Å². The van der Waals surface area contributed by atoms with Crippen molar-refractivity contribution in [2.45, 2.75) is 26.4 Å². The van der Waals surface area contributed by atoms with E-state index >= 15 is 0 Å². The van der Waals surface area contributed by atoms with Crippen LogP contribution in [0.5, 0.6) is 0 Å². The highest BCUT2D eigenvalue weighted by Crippen LogP contribution is 2.50. The Morgan fingerprint density at radius 2 is 2.09 bits per heavy atom. The Morgan fingerprint density at radius 3 is 2.82 bits per heavy atom. The molecule has 22 heavy (non-hydrogen) atoms. The van der Waals surface area contributed by atoms with Crippen molar-refractivity contribution in [1.29, 1.82) is 0 Å². The molecule has 0 radical (unpaired) electrons. The van der Waals surface area contributed by atoms with Gasteiger partial charge >= 0.3 is 5.97 Å². The van der Waals surface area contributed by atoms with Gasteiger partial charge in [-0.05, 0) is 31.2 Å². The molecule has 0 unspecified atom stereocenters. The van der Waals surface area contributed by atoms with Crippen LogP contribution in [0.1, 0.15) is 25.3 Å². The van der Waals surface area contributed by atoms with Crippen LogP contribution in [0.15, 0.2) is 42.0 Å². The maximum absolute atomic E-state index is 12.8. The monoisotopic (exact) mass is 299 g/mol. The van der Waals surface area contributed by atoms with E-state index in [4.69, 9.17) is 4.74 Å². The lowest BCUT2D eigenvalue weighted by Crippen LogP contribution is -2.55. The molecule has 2 aliphatic rings. The van der Waals surface area contributed by atoms with Crippen LogP contribution in [0.25, 0.3) is 0 Å². The van der Waals surface area contributed by atoms with E-state index < -0.39 is 11.4 Å². The van der Waals surface area contributed by atoms with Crippen LogP contribution in [0.4, 0.5) is 0 Å². The lowest BCUT2D eigenvalue weighted by molar-refractivity contribution is -0.169. The fourth-order valence-corrected chi connectivity index (χ4v) is 3.66. The number of allylic oxidation sites excluding steroid dienone is 1. The number of hydrogen-bond donors (Lipinski definition) is 0. The summed E-state index contributed by atoms with van der Waals surface area (Å²) in [4.78, 5) is 27.3. The summed E-state index contributed by atoms with van der Waals surface area (Å²) in [5.74, 6) is -0.475. The predicted octanol–water partition coefficient (Wildman–Crippen LogP) is 2.54. The number of nitrogens with zero attached hydrogens (tertiary/aromatic N) is 1. The van der Waals surface area contributed by atoms with Crippen LogP contribution in [0.2, 0.25) is 0 Å². The van der Waals surface area contributed by atoms with Gasteiger partial charge in [0.15, 0.2) is 5.41 Å². The Balaban J connectivity index is 1.84. The van der Waals surface area contributed by atoms with Crippen molar-refractivity contribution in [1.82, 2.24) is 4.90 Å². The maximum atomic E-state index is 12.8. The van der Waals surface area contributed by atoms with Crippen molar-refractivity contribution in [3.8, 4) is 0 Å². The normalized spacial score (nSPS) is 27.4. The Morgan fingerprint density at radius 1 is 1.36 bits per heavy atom. The van der Waals surface area contributed by atoms with Crippen LogP contribution in [-0.4, -0.2) is 30.4 Å². The molecule has 1 fully saturated rings. The lowest BCUT2D eigenvalue weighted by atomic mass is 9.69. The number of esters is 1. The van der Waals surface area contributed by atoms with Crippen LogP contribution in [0, 0.1) is 11.3 Å². The van der Waals surface area contributed by atoms with Gasteiger partial charge in [-0.2, -0.15) is 0 Å². The Kier molecular flexibility index (Phi) is 3.77. The van der Waals surface area contributed by atoms with Crippen molar-refractivity contribution in [2.24, 2.45) is 11.3 Å². The first kappa shape index (κ1) is 14.8. The lowest BCUT2D eigenvalue weighted by Gasteiger charge is -2.41. The average molecular weight is 299 g/mol. The first-order valence-electron chi connectivity index (χ1n) is 7.70. The molecule has 0 saturated carbocycles. The van der Waals surface area contributed by atoms with Gasteiger partial charge in [-0.15, -0.1) is 0 Å². The molecule has 0 N–H and O–H groups in total. The Hall–Kier alpha value is -2.10. The molecule has 1 heterocycles. The van der Waals surface area contributed by atoms with Gasteiger partial charge in [0.25, 0.3) is 0 Å². The quantitative estimate of drug-likeness (QED) is 0.489. The van der Waals surface area contributed by atoms with Crippen LogP contribution in [-0.2, 0) is 20.9 Å². The number of likely N-dealkylation sites (tertiary alicyclic amines) is 1. The molecule has 4 heteroatoms. The molecule has 1 aliphatic heterocycles. The van der Waals surface area contributed by atoms with E-state index in [0.29, 0.717) is 6.54 Å². The molecule has 4 nitrogen and oxygen atoms in total. The highest BCUT2D eigenvalue weighted by atomic mass is 16.5. The summed E-state index contributed by atoms with van der Waals surface area (Å²) in [6, 6.07) is 9.56. The second-order valence-electron chi connectivity index (χ2n) is 6.20. The number of carbonyl (C=O) groups excluding carboxylic acids is 2. The standard InChI is InChI=1S/C18H21NO3/c1-13-8-9-15-10-11-19(2)16(20)18(13,15)17(21)22-12-14-6-4-3-5-7-14/h3-8,15H,9-12H2,1-2H3/t15-,18+/m1/s1. The van der Waals surface area contributed by atoms with Crippen molar-refractivity contribution in [2.75, 3.05) is 13.6 Å². The van der Waals surface area contributed by atoms with Crippen molar-refractivity contribution in [3.63, 3.8) is 0 Å². The van der Waals surface area contributed by atoms with Crippen LogP contribution >= 0.6 is 0 Å². The molecular weight excluding hydrogens is 278 g/mol. The first-order chi connectivity index (χ1) is 10.6. The Bertz CT molecular complexity index is 622. The van der Waals surface area contributed by atoms with Crippen molar-refractivity contribution in [3.05, 3.63) is 47.5 Å². The third-order valence-corrected chi connectivity index (χ3v) is 4.97. The van der Waals surface area contributed by atoms with E-state index in [9.17, 15) is 9.59 Å². The maximum Gasteiger partial charge on any atom is 0.326 e. The van der Waals surface area contributed by atoms with Gasteiger partial charge in [0, 0.05) is 13.6 Å². The summed E-state index contributed by atoms with van der Waals surface area (Å²) in [6.07, 6.45) is 3.65. The minimum atomic E-state index is -1.10. The van der Waals surface area contributed by atoms with Gasteiger partial charge in [0.05, 0.1) is 0 Å². The average Bonchev–Trinajstić information content (AvgIpc) is 2.88. The molecule has 1 aromatic carbocycles. The zero-order valence-corrected chi connectivity index (χ0v) is 13.0. The fraction of sp³-hybridized carbons (Fsp3) is 0.444. The summed E-state index contributed by atoms with van der Waals surface area (Å²) in [5.41, 5.74) is 0.675. The fourth-order valence-electron chi connectivity index (χ4n) is 3.66. The zero-order chi connectivity index (χ0) is 15.7. The molecule has 1 aliphatic carbocycles. The van der Waals surface area contributed by atoms with Crippen molar-refractivity contribution >= 4 is 11.9 Å². The van der Waals surface area contributed by atoms with E-state index in [0.717, 1.165) is 24.0 Å². The summed E-state index contributed by atoms with van der Waals surface area (Å²) in [7, 11) is 1.76. The largest absolute Gasteiger partial charge is 0.460 e. The van der Waals surface area contributed by atoms with E-state index in [1.807, 2.05) is 43.3 Å². The molecule has 0 aromatic heterocycles. The number of hydrogen-bond acceptors (Lipinski definition) is 3. The SMILES string of the molecule is CC1=CC[C@@H]2CCN(C)C(=O)[C@]12C(=O)OCc1ccccc1. The summed E-state index contributed by atoms with van der Waals surface area (Å²) in [6.45, 7) is 2.79. The molecule has 1 saturated heterocycles. The van der Waals surface area contributed by atoms with Gasteiger partial charge in [0.1, 0.15) is 6.61 Å². The van der Waals surface area contributed by atoms with Gasteiger partial charge in [-0.1, -0.05) is 42.0 Å². The molecule has 1 amide bonds. The van der Waals surface area contributed by atoms with Crippen LogP contribution < -0.4 is 0 Å². The molecule has 3 rings (SSSR count). The van der Waals surface area contributed by atoms with Gasteiger partial charge < -0.3 is 9.64 Å². The summed E-state index contributed by atoms with van der Waals surface area (Å²) >= 11 is 0. The molecule has 0 spiro atoms. The van der Waals surface area contributed by atoms with E-state index in [1.165, 1.54) is 0 Å². The number of benzene rings is 1. The number of ether oxygens (including phenoxy) is 1. The topological polar surface area (TPSA) is 46.6 Å². The van der Waals surface area contributed by atoms with E-state index in [1.54, 1.807) is 11.9 Å². The molecular formula is C18H21NO3. The second-order valence-corrected chi connectivity index (χ2v) is 6.20. The number of rotatable bonds is 3. The number of piperidine rings is 1. The minimum Gasteiger partial charge on any atom is -0.460 e.